The van der Waals surface area contributed by atoms with Crippen LogP contribution in [0.5, 0.6) is 0 Å². The maximum Gasteiger partial charge on any atom is 0.267 e. The zero-order chi connectivity index (χ0) is 15.5. The Kier molecular flexibility index (Phi) is 4.09. The first-order valence-corrected chi connectivity index (χ1v) is 7.65. The zero-order valence-corrected chi connectivity index (χ0v) is 12.7. The molecule has 2 heterocycles. The standard InChI is InChI=1S/C16H20N4O2/c1-12(16(22)17-7-10-19-8-2-3-9-19)20-15(21)11-13-5-4-6-14(13)18-20/h2-3,8-9,11-12H,4-7,10H2,1H3,(H,17,22)/t12-/m0/s1. The van der Waals surface area contributed by atoms with E-state index in [1.807, 2.05) is 29.1 Å². The molecule has 0 radical (unpaired) electrons. The molecule has 0 fully saturated rings. The first-order valence-electron chi connectivity index (χ1n) is 7.65. The molecule has 2 aromatic rings. The van der Waals surface area contributed by atoms with Crippen LogP contribution in [0.1, 0.15) is 30.6 Å². The van der Waals surface area contributed by atoms with Crippen LogP contribution in [0.4, 0.5) is 0 Å². The van der Waals surface area contributed by atoms with Crippen LogP contribution in [0, 0.1) is 0 Å². The molecule has 6 heteroatoms. The number of rotatable bonds is 5. The van der Waals surface area contributed by atoms with Gasteiger partial charge in [0.1, 0.15) is 6.04 Å². The molecule has 0 saturated carbocycles. The summed E-state index contributed by atoms with van der Waals surface area (Å²) in [5.74, 6) is -0.181. The van der Waals surface area contributed by atoms with Crippen LogP contribution in [0.2, 0.25) is 0 Å². The molecule has 0 unspecified atom stereocenters. The average molecular weight is 300 g/mol. The quantitative estimate of drug-likeness (QED) is 0.892. The number of hydrogen-bond acceptors (Lipinski definition) is 3. The Hall–Kier alpha value is -2.37. The maximum absolute atomic E-state index is 12.2. The second kappa shape index (κ2) is 6.17. The van der Waals surface area contributed by atoms with Gasteiger partial charge in [0.15, 0.2) is 0 Å². The number of nitrogens with zero attached hydrogens (tertiary/aromatic N) is 3. The largest absolute Gasteiger partial charge is 0.353 e. The van der Waals surface area contributed by atoms with E-state index in [2.05, 4.69) is 10.4 Å². The van der Waals surface area contributed by atoms with Crippen molar-refractivity contribution in [2.45, 2.75) is 38.8 Å². The summed E-state index contributed by atoms with van der Waals surface area (Å²) < 4.78 is 3.29. The molecule has 3 rings (SSSR count). The summed E-state index contributed by atoms with van der Waals surface area (Å²) in [6.07, 6.45) is 6.72. The van der Waals surface area contributed by atoms with Crippen molar-refractivity contribution in [3.8, 4) is 0 Å². The number of amides is 1. The predicted octanol–water partition coefficient (Wildman–Crippen LogP) is 0.911. The topological polar surface area (TPSA) is 68.9 Å². The van der Waals surface area contributed by atoms with E-state index in [0.717, 1.165) is 30.5 Å². The van der Waals surface area contributed by atoms with Crippen LogP contribution in [0.3, 0.4) is 0 Å². The number of aryl methyl sites for hydroxylation is 2. The van der Waals surface area contributed by atoms with E-state index >= 15 is 0 Å². The molecule has 0 aliphatic heterocycles. The highest BCUT2D eigenvalue weighted by molar-refractivity contribution is 5.79. The second-order valence-electron chi connectivity index (χ2n) is 5.64. The fourth-order valence-electron chi connectivity index (χ4n) is 2.78. The van der Waals surface area contributed by atoms with Crippen molar-refractivity contribution >= 4 is 5.91 Å². The Morgan fingerprint density at radius 3 is 2.91 bits per heavy atom. The lowest BCUT2D eigenvalue weighted by Gasteiger charge is -2.15. The monoisotopic (exact) mass is 300 g/mol. The fourth-order valence-corrected chi connectivity index (χ4v) is 2.78. The highest BCUT2D eigenvalue weighted by Gasteiger charge is 2.21. The van der Waals surface area contributed by atoms with E-state index in [0.29, 0.717) is 13.1 Å². The van der Waals surface area contributed by atoms with Crippen LogP contribution >= 0.6 is 0 Å². The average Bonchev–Trinajstić information content (AvgIpc) is 3.16. The molecule has 0 spiro atoms. The summed E-state index contributed by atoms with van der Waals surface area (Å²) in [6, 6.07) is 4.92. The number of hydrogen-bond donors (Lipinski definition) is 1. The Labute approximate surface area is 128 Å². The SMILES string of the molecule is C[C@@H](C(=O)NCCn1cccc1)n1nc2c(cc1=O)CCC2. The molecule has 2 aromatic heterocycles. The van der Waals surface area contributed by atoms with Crippen molar-refractivity contribution in [1.82, 2.24) is 19.7 Å². The number of carbonyl (C=O) groups excluding carboxylic acids is 1. The molecular weight excluding hydrogens is 280 g/mol. The minimum atomic E-state index is -0.594. The van der Waals surface area contributed by atoms with E-state index in [4.69, 9.17) is 0 Å². The summed E-state index contributed by atoms with van der Waals surface area (Å²) in [5.41, 5.74) is 1.78. The number of carbonyl (C=O) groups is 1. The normalized spacial score (nSPS) is 14.6. The smallest absolute Gasteiger partial charge is 0.267 e. The van der Waals surface area contributed by atoms with Crippen molar-refractivity contribution < 1.29 is 4.79 Å². The van der Waals surface area contributed by atoms with Crippen LogP contribution in [0.15, 0.2) is 35.4 Å². The molecular formula is C16H20N4O2. The molecule has 0 bridgehead atoms. The summed E-state index contributed by atoms with van der Waals surface area (Å²) in [7, 11) is 0. The van der Waals surface area contributed by atoms with Crippen molar-refractivity contribution in [3.05, 3.63) is 52.2 Å². The first-order chi connectivity index (χ1) is 10.6. The summed E-state index contributed by atoms with van der Waals surface area (Å²) in [4.78, 5) is 24.3. The third-order valence-corrected chi connectivity index (χ3v) is 4.06. The molecule has 1 aliphatic carbocycles. The van der Waals surface area contributed by atoms with Crippen LogP contribution in [-0.4, -0.2) is 26.8 Å². The van der Waals surface area contributed by atoms with Gasteiger partial charge >= 0.3 is 0 Å². The van der Waals surface area contributed by atoms with Gasteiger partial charge < -0.3 is 9.88 Å². The van der Waals surface area contributed by atoms with Gasteiger partial charge in [-0.3, -0.25) is 9.59 Å². The number of nitrogens with one attached hydrogen (secondary N) is 1. The summed E-state index contributed by atoms with van der Waals surface area (Å²) >= 11 is 0. The Bertz CT molecular complexity index is 718. The molecule has 0 aromatic carbocycles. The predicted molar refractivity (Wildman–Crippen MR) is 82.7 cm³/mol. The zero-order valence-electron chi connectivity index (χ0n) is 12.7. The Morgan fingerprint density at radius 1 is 1.36 bits per heavy atom. The molecule has 22 heavy (non-hydrogen) atoms. The van der Waals surface area contributed by atoms with E-state index in [1.54, 1.807) is 13.0 Å². The summed E-state index contributed by atoms with van der Waals surface area (Å²) in [6.45, 7) is 2.94. The molecule has 6 nitrogen and oxygen atoms in total. The highest BCUT2D eigenvalue weighted by Crippen LogP contribution is 2.17. The van der Waals surface area contributed by atoms with Gasteiger partial charge in [-0.25, -0.2) is 4.68 Å². The van der Waals surface area contributed by atoms with Gasteiger partial charge in [0.25, 0.3) is 5.56 Å². The minimum absolute atomic E-state index is 0.181. The molecule has 1 atom stereocenters. The molecule has 1 amide bonds. The van der Waals surface area contributed by atoms with Gasteiger partial charge in [0.05, 0.1) is 5.69 Å². The fraction of sp³-hybridized carbons (Fsp3) is 0.438. The van der Waals surface area contributed by atoms with Gasteiger partial charge in [-0.1, -0.05) is 0 Å². The van der Waals surface area contributed by atoms with Gasteiger partial charge in [-0.2, -0.15) is 5.10 Å². The van der Waals surface area contributed by atoms with E-state index in [-0.39, 0.29) is 11.5 Å². The van der Waals surface area contributed by atoms with Crippen LogP contribution in [0.25, 0.3) is 0 Å². The van der Waals surface area contributed by atoms with Gasteiger partial charge in [-0.05, 0) is 43.9 Å². The third kappa shape index (κ3) is 2.95. The van der Waals surface area contributed by atoms with Gasteiger partial charge in [-0.15, -0.1) is 0 Å². The van der Waals surface area contributed by atoms with Gasteiger partial charge in [0.2, 0.25) is 5.91 Å². The number of aromatic nitrogens is 3. The van der Waals surface area contributed by atoms with Crippen molar-refractivity contribution in [2.24, 2.45) is 0 Å². The third-order valence-electron chi connectivity index (χ3n) is 4.06. The molecule has 116 valence electrons. The van der Waals surface area contributed by atoms with E-state index in [9.17, 15) is 9.59 Å². The lowest BCUT2D eigenvalue weighted by Crippen LogP contribution is -2.38. The second-order valence-corrected chi connectivity index (χ2v) is 5.64. The number of fused-ring (bicyclic) bond motifs is 1. The first kappa shape index (κ1) is 14.6. The van der Waals surface area contributed by atoms with Crippen LogP contribution < -0.4 is 10.9 Å². The van der Waals surface area contributed by atoms with E-state index < -0.39 is 6.04 Å². The van der Waals surface area contributed by atoms with E-state index in [1.165, 1.54) is 4.68 Å². The van der Waals surface area contributed by atoms with Crippen LogP contribution in [-0.2, 0) is 24.2 Å². The highest BCUT2D eigenvalue weighted by atomic mass is 16.2. The van der Waals surface area contributed by atoms with Crippen molar-refractivity contribution in [1.29, 1.82) is 0 Å². The minimum Gasteiger partial charge on any atom is -0.353 e. The summed E-state index contributed by atoms with van der Waals surface area (Å²) in [5, 5.41) is 7.22. The molecule has 1 aliphatic rings. The van der Waals surface area contributed by atoms with Gasteiger partial charge in [0, 0.05) is 31.5 Å². The lowest BCUT2D eigenvalue weighted by molar-refractivity contribution is -0.124. The van der Waals surface area contributed by atoms with Crippen molar-refractivity contribution in [2.75, 3.05) is 6.54 Å². The molecule has 1 N–H and O–H groups in total. The lowest BCUT2D eigenvalue weighted by atomic mass is 10.2. The van der Waals surface area contributed by atoms with Crippen molar-refractivity contribution in [3.63, 3.8) is 0 Å². The Balaban J connectivity index is 1.64. The Morgan fingerprint density at radius 2 is 2.14 bits per heavy atom. The maximum atomic E-state index is 12.2. The molecule has 0 saturated heterocycles.